The fourth-order valence-corrected chi connectivity index (χ4v) is 2.51. The number of nitrogens with zero attached hydrogens (tertiary/aromatic N) is 2. The summed E-state index contributed by atoms with van der Waals surface area (Å²) in [5.41, 5.74) is 2.17. The number of para-hydroxylation sites is 1. The Morgan fingerprint density at radius 1 is 1.25 bits per heavy atom. The second kappa shape index (κ2) is 9.27. The minimum Gasteiger partial charge on any atom is -0.488 e. The minimum absolute atomic E-state index is 0.00108. The summed E-state index contributed by atoms with van der Waals surface area (Å²) in [6.45, 7) is 5.34. The lowest BCUT2D eigenvalue weighted by Gasteiger charge is -2.18. The van der Waals surface area contributed by atoms with E-state index in [-0.39, 0.29) is 6.10 Å². The summed E-state index contributed by atoms with van der Waals surface area (Å²) < 4.78 is 6.87. The van der Waals surface area contributed by atoms with Crippen LogP contribution in [0.5, 0.6) is 5.75 Å². The molecule has 6 heteroatoms. The highest BCUT2D eigenvalue weighted by Crippen LogP contribution is 2.24. The second-order valence-corrected chi connectivity index (χ2v) is 6.29. The third-order valence-corrected chi connectivity index (χ3v) is 4.14. The summed E-state index contributed by atoms with van der Waals surface area (Å²) in [5, 5.41) is 6.54. The van der Waals surface area contributed by atoms with Gasteiger partial charge in [0.15, 0.2) is 5.96 Å². The van der Waals surface area contributed by atoms with Crippen molar-refractivity contribution < 1.29 is 4.74 Å². The Balaban J connectivity index is 1.81. The van der Waals surface area contributed by atoms with Crippen molar-refractivity contribution in [1.82, 2.24) is 15.6 Å². The molecule has 1 atom stereocenters. The summed E-state index contributed by atoms with van der Waals surface area (Å²) in [6, 6.07) is 11.8. The zero-order valence-electron chi connectivity index (χ0n) is 14.2. The summed E-state index contributed by atoms with van der Waals surface area (Å²) in [4.78, 5) is 8.60. The van der Waals surface area contributed by atoms with Gasteiger partial charge in [-0.2, -0.15) is 0 Å². The van der Waals surface area contributed by atoms with E-state index in [1.807, 2.05) is 50.2 Å². The molecule has 0 aliphatic rings. The lowest BCUT2D eigenvalue weighted by molar-refractivity contribution is 0.222. The van der Waals surface area contributed by atoms with Gasteiger partial charge in [0.1, 0.15) is 11.9 Å². The first kappa shape index (κ1) is 18.3. The van der Waals surface area contributed by atoms with E-state index in [1.165, 1.54) is 0 Å². The van der Waals surface area contributed by atoms with Crippen LogP contribution < -0.4 is 15.4 Å². The molecule has 0 saturated heterocycles. The largest absolute Gasteiger partial charge is 0.488 e. The molecule has 5 nitrogen and oxygen atoms in total. The van der Waals surface area contributed by atoms with Crippen LogP contribution in [0.2, 0.25) is 0 Å². The summed E-state index contributed by atoms with van der Waals surface area (Å²) in [7, 11) is 1.75. The molecule has 0 amide bonds. The zero-order chi connectivity index (χ0) is 17.4. The van der Waals surface area contributed by atoms with E-state index in [2.05, 4.69) is 36.5 Å². The maximum atomic E-state index is 5.92. The van der Waals surface area contributed by atoms with Gasteiger partial charge in [-0.3, -0.25) is 9.98 Å². The van der Waals surface area contributed by atoms with Gasteiger partial charge in [-0.05, 0) is 53.5 Å². The number of rotatable bonds is 6. The van der Waals surface area contributed by atoms with Crippen molar-refractivity contribution in [3.05, 3.63) is 58.3 Å². The Bertz CT molecular complexity index is 690. The van der Waals surface area contributed by atoms with Crippen molar-refractivity contribution in [1.29, 1.82) is 0 Å². The molecule has 0 spiro atoms. The molecule has 0 fully saturated rings. The first-order chi connectivity index (χ1) is 11.6. The van der Waals surface area contributed by atoms with Crippen molar-refractivity contribution in [2.24, 2.45) is 4.99 Å². The van der Waals surface area contributed by atoms with Crippen molar-refractivity contribution in [3.8, 4) is 5.75 Å². The quantitative estimate of drug-likeness (QED) is 0.586. The predicted molar refractivity (Wildman–Crippen MR) is 101 cm³/mol. The number of hydrogen-bond donors (Lipinski definition) is 2. The Kier molecular flexibility index (Phi) is 7.06. The van der Waals surface area contributed by atoms with Gasteiger partial charge in [0, 0.05) is 13.2 Å². The van der Waals surface area contributed by atoms with E-state index in [0.717, 1.165) is 27.4 Å². The Labute approximate surface area is 151 Å². The van der Waals surface area contributed by atoms with Gasteiger partial charge in [-0.1, -0.05) is 18.2 Å². The molecule has 0 radical (unpaired) electrons. The first-order valence-electron chi connectivity index (χ1n) is 7.86. The number of aryl methyl sites for hydroxylation is 1. The van der Waals surface area contributed by atoms with Crippen LogP contribution in [0.4, 0.5) is 0 Å². The van der Waals surface area contributed by atoms with E-state index in [4.69, 9.17) is 4.74 Å². The highest BCUT2D eigenvalue weighted by molar-refractivity contribution is 9.10. The third kappa shape index (κ3) is 5.53. The molecular formula is C18H23BrN4O. The number of aromatic nitrogens is 1. The van der Waals surface area contributed by atoms with Gasteiger partial charge in [0.05, 0.1) is 23.3 Å². The van der Waals surface area contributed by atoms with E-state index < -0.39 is 0 Å². The molecule has 1 aromatic carbocycles. The molecule has 2 N–H and O–H groups in total. The normalized spacial score (nSPS) is 12.6. The number of pyridine rings is 1. The smallest absolute Gasteiger partial charge is 0.191 e. The fourth-order valence-electron chi connectivity index (χ4n) is 2.13. The van der Waals surface area contributed by atoms with Crippen molar-refractivity contribution in [2.75, 3.05) is 13.6 Å². The molecule has 2 rings (SSSR count). The van der Waals surface area contributed by atoms with Crippen LogP contribution in [0.25, 0.3) is 0 Å². The Hall–Kier alpha value is -2.08. The minimum atomic E-state index is -0.00108. The molecule has 128 valence electrons. The summed E-state index contributed by atoms with van der Waals surface area (Å²) >= 11 is 3.49. The fraction of sp³-hybridized carbons (Fsp3) is 0.333. The number of guanidine groups is 1. The Morgan fingerprint density at radius 3 is 2.75 bits per heavy atom. The molecule has 0 aliphatic heterocycles. The standard InChI is InChI=1S/C18H23BrN4O/c1-13-7-6-10-21-16(13)12-23-18(20-3)22-11-14(2)24-17-9-5-4-8-15(17)19/h4-10,14H,11-12H2,1-3H3,(H2,20,22,23). The van der Waals surface area contributed by atoms with Gasteiger partial charge in [0.2, 0.25) is 0 Å². The predicted octanol–water partition coefficient (Wildman–Crippen LogP) is 3.29. The lowest BCUT2D eigenvalue weighted by Crippen LogP contribution is -2.41. The average Bonchev–Trinajstić information content (AvgIpc) is 2.58. The van der Waals surface area contributed by atoms with E-state index in [9.17, 15) is 0 Å². The van der Waals surface area contributed by atoms with Crippen molar-refractivity contribution in [2.45, 2.75) is 26.5 Å². The zero-order valence-corrected chi connectivity index (χ0v) is 15.8. The number of halogens is 1. The van der Waals surface area contributed by atoms with Gasteiger partial charge in [-0.15, -0.1) is 0 Å². The molecule has 2 aromatic rings. The van der Waals surface area contributed by atoms with Gasteiger partial charge in [-0.25, -0.2) is 0 Å². The van der Waals surface area contributed by atoms with E-state index >= 15 is 0 Å². The topological polar surface area (TPSA) is 58.5 Å². The van der Waals surface area contributed by atoms with Gasteiger partial charge in [0.25, 0.3) is 0 Å². The lowest BCUT2D eigenvalue weighted by atomic mass is 10.2. The van der Waals surface area contributed by atoms with Crippen LogP contribution in [0.15, 0.2) is 52.1 Å². The van der Waals surface area contributed by atoms with Crippen LogP contribution in [-0.4, -0.2) is 30.6 Å². The highest BCUT2D eigenvalue weighted by Gasteiger charge is 2.08. The first-order valence-corrected chi connectivity index (χ1v) is 8.65. The molecule has 1 heterocycles. The van der Waals surface area contributed by atoms with Crippen LogP contribution in [-0.2, 0) is 6.54 Å². The number of benzene rings is 1. The van der Waals surface area contributed by atoms with Crippen molar-refractivity contribution in [3.63, 3.8) is 0 Å². The maximum absolute atomic E-state index is 5.92. The summed E-state index contributed by atoms with van der Waals surface area (Å²) in [5.74, 6) is 1.56. The molecule has 1 aromatic heterocycles. The SMILES string of the molecule is CN=C(NCc1ncccc1C)NCC(C)Oc1ccccc1Br. The van der Waals surface area contributed by atoms with E-state index in [0.29, 0.717) is 13.1 Å². The van der Waals surface area contributed by atoms with Crippen LogP contribution in [0, 0.1) is 6.92 Å². The monoisotopic (exact) mass is 390 g/mol. The second-order valence-electron chi connectivity index (χ2n) is 5.43. The molecule has 1 unspecified atom stereocenters. The molecule has 0 bridgehead atoms. The van der Waals surface area contributed by atoms with Gasteiger partial charge >= 0.3 is 0 Å². The molecular weight excluding hydrogens is 368 g/mol. The molecule has 24 heavy (non-hydrogen) atoms. The van der Waals surface area contributed by atoms with Crippen LogP contribution in [0.3, 0.4) is 0 Å². The summed E-state index contributed by atoms with van der Waals surface area (Å²) in [6.07, 6.45) is 1.80. The van der Waals surface area contributed by atoms with E-state index in [1.54, 1.807) is 13.2 Å². The maximum Gasteiger partial charge on any atom is 0.191 e. The Morgan fingerprint density at radius 2 is 2.04 bits per heavy atom. The number of hydrogen-bond acceptors (Lipinski definition) is 3. The van der Waals surface area contributed by atoms with Crippen molar-refractivity contribution >= 4 is 21.9 Å². The van der Waals surface area contributed by atoms with Gasteiger partial charge < -0.3 is 15.4 Å². The molecule has 0 saturated carbocycles. The van der Waals surface area contributed by atoms with Crippen LogP contribution >= 0.6 is 15.9 Å². The highest BCUT2D eigenvalue weighted by atomic mass is 79.9. The third-order valence-electron chi connectivity index (χ3n) is 3.49. The number of aliphatic imine (C=N–C) groups is 1. The van der Waals surface area contributed by atoms with Crippen LogP contribution in [0.1, 0.15) is 18.2 Å². The average molecular weight is 391 g/mol. The molecule has 0 aliphatic carbocycles. The number of nitrogens with one attached hydrogen (secondary N) is 2. The number of ether oxygens (including phenoxy) is 1.